The first-order valence-corrected chi connectivity index (χ1v) is 8.42. The van der Waals surface area contributed by atoms with E-state index in [4.69, 9.17) is 0 Å². The zero-order valence-corrected chi connectivity index (χ0v) is 15.1. The first kappa shape index (κ1) is 14.4. The van der Waals surface area contributed by atoms with Gasteiger partial charge in [0.15, 0.2) is 0 Å². The predicted octanol–water partition coefficient (Wildman–Crippen LogP) is 6.06. The molecule has 1 heteroatoms. The summed E-state index contributed by atoms with van der Waals surface area (Å²) in [5.74, 6) is 0. The van der Waals surface area contributed by atoms with Crippen LogP contribution in [0.5, 0.6) is 0 Å². The Hall–Kier alpha value is -0.560. The lowest BCUT2D eigenvalue weighted by Gasteiger charge is -2.42. The largest absolute Gasteiger partial charge is 0.0558 e. The zero-order chi connectivity index (χ0) is 14.9. The lowest BCUT2D eigenvalue weighted by Crippen LogP contribution is -2.34. The summed E-state index contributed by atoms with van der Waals surface area (Å²) in [5, 5.41) is 0. The number of halogens is 1. The van der Waals surface area contributed by atoms with Crippen LogP contribution in [0.2, 0.25) is 0 Å². The van der Waals surface area contributed by atoms with E-state index in [0.717, 1.165) is 0 Å². The summed E-state index contributed by atoms with van der Waals surface area (Å²) < 4.78 is 1.30. The average molecular weight is 333 g/mol. The number of rotatable bonds is 0. The van der Waals surface area contributed by atoms with E-state index in [9.17, 15) is 0 Å². The van der Waals surface area contributed by atoms with Crippen LogP contribution < -0.4 is 0 Å². The van der Waals surface area contributed by atoms with Gasteiger partial charge in [-0.1, -0.05) is 69.6 Å². The van der Waals surface area contributed by atoms with Gasteiger partial charge < -0.3 is 0 Å². The molecular formula is C19H25Br. The quantitative estimate of drug-likeness (QED) is 0.541. The molecule has 108 valence electrons. The summed E-state index contributed by atoms with van der Waals surface area (Å²) in [6.07, 6.45) is 4.87. The van der Waals surface area contributed by atoms with Gasteiger partial charge in [0.1, 0.15) is 0 Å². The van der Waals surface area contributed by atoms with Crippen molar-refractivity contribution in [2.45, 2.75) is 70.6 Å². The van der Waals surface area contributed by atoms with Gasteiger partial charge in [-0.25, -0.2) is 0 Å². The van der Waals surface area contributed by atoms with Gasteiger partial charge in [-0.3, -0.25) is 0 Å². The molecule has 0 unspecified atom stereocenters. The van der Waals surface area contributed by atoms with Crippen LogP contribution in [0, 0.1) is 0 Å². The third-order valence-electron chi connectivity index (χ3n) is 5.58. The Bertz CT molecular complexity index is 615. The summed E-state index contributed by atoms with van der Waals surface area (Å²) in [5.41, 5.74) is 6.72. The van der Waals surface area contributed by atoms with Gasteiger partial charge in [0.05, 0.1) is 0 Å². The number of hydrogen-bond donors (Lipinski definition) is 0. The summed E-state index contributed by atoms with van der Waals surface area (Å²) >= 11 is 3.77. The van der Waals surface area contributed by atoms with Crippen LogP contribution in [-0.2, 0) is 16.2 Å². The molecule has 0 nitrogen and oxygen atoms in total. The maximum atomic E-state index is 3.77. The highest BCUT2D eigenvalue weighted by molar-refractivity contribution is 9.11. The lowest BCUT2D eigenvalue weighted by atomic mass is 9.62. The Morgan fingerprint density at radius 3 is 1.85 bits per heavy atom. The minimum absolute atomic E-state index is 0.113. The predicted molar refractivity (Wildman–Crippen MR) is 91.7 cm³/mol. The van der Waals surface area contributed by atoms with Crippen LogP contribution in [0.15, 0.2) is 16.6 Å². The van der Waals surface area contributed by atoms with Gasteiger partial charge in [-0.15, -0.1) is 0 Å². The SMILES string of the molecule is CC1(C)CCC(C)(C)c2cc3c(cc21)C=C(Br)C3(C)C. The Kier molecular flexibility index (Phi) is 2.88. The molecule has 1 aromatic rings. The van der Waals surface area contributed by atoms with E-state index < -0.39 is 0 Å². The van der Waals surface area contributed by atoms with Crippen molar-refractivity contribution in [1.82, 2.24) is 0 Å². The summed E-state index contributed by atoms with van der Waals surface area (Å²) in [4.78, 5) is 0. The minimum Gasteiger partial charge on any atom is -0.0558 e. The highest BCUT2D eigenvalue weighted by Gasteiger charge is 2.40. The molecule has 0 saturated heterocycles. The van der Waals surface area contributed by atoms with Crippen molar-refractivity contribution in [2.24, 2.45) is 0 Å². The highest BCUT2D eigenvalue weighted by Crippen LogP contribution is 2.51. The van der Waals surface area contributed by atoms with Crippen LogP contribution in [0.3, 0.4) is 0 Å². The lowest BCUT2D eigenvalue weighted by molar-refractivity contribution is 0.331. The molecule has 0 amide bonds. The van der Waals surface area contributed by atoms with Crippen molar-refractivity contribution in [3.63, 3.8) is 0 Å². The van der Waals surface area contributed by atoms with Crippen LogP contribution >= 0.6 is 15.9 Å². The molecule has 1 aromatic carbocycles. The van der Waals surface area contributed by atoms with E-state index in [1.165, 1.54) is 28.5 Å². The second kappa shape index (κ2) is 4.00. The maximum absolute atomic E-state index is 3.77. The van der Waals surface area contributed by atoms with Gasteiger partial charge >= 0.3 is 0 Å². The molecule has 0 atom stereocenters. The Labute approximate surface area is 131 Å². The fourth-order valence-electron chi connectivity index (χ4n) is 3.74. The summed E-state index contributed by atoms with van der Waals surface area (Å²) in [6, 6.07) is 4.96. The van der Waals surface area contributed by atoms with Crippen LogP contribution in [0.25, 0.3) is 6.08 Å². The summed E-state index contributed by atoms with van der Waals surface area (Å²) in [6.45, 7) is 14.2. The molecule has 0 bridgehead atoms. The smallest absolute Gasteiger partial charge is 0.0218 e. The molecule has 2 aliphatic rings. The molecule has 3 rings (SSSR count). The molecule has 20 heavy (non-hydrogen) atoms. The standard InChI is InChI=1S/C19H25Br/c1-17(2)7-8-18(3,4)15-11-13-12(9-14(15)17)10-16(20)19(13,5)6/h9-11H,7-8H2,1-6H3. The molecule has 0 radical (unpaired) electrons. The van der Waals surface area contributed by atoms with Crippen LogP contribution in [0.4, 0.5) is 0 Å². The van der Waals surface area contributed by atoms with Gasteiger partial charge in [-0.05, 0) is 52.0 Å². The monoisotopic (exact) mass is 332 g/mol. The van der Waals surface area contributed by atoms with Crippen molar-refractivity contribution in [1.29, 1.82) is 0 Å². The van der Waals surface area contributed by atoms with E-state index in [1.807, 2.05) is 0 Å². The Morgan fingerprint density at radius 1 is 0.800 bits per heavy atom. The molecule has 0 spiro atoms. The third kappa shape index (κ3) is 1.85. The first-order valence-electron chi connectivity index (χ1n) is 7.63. The summed E-state index contributed by atoms with van der Waals surface area (Å²) in [7, 11) is 0. The van der Waals surface area contributed by atoms with E-state index in [1.54, 1.807) is 11.1 Å². The van der Waals surface area contributed by atoms with Gasteiger partial charge in [-0.2, -0.15) is 0 Å². The topological polar surface area (TPSA) is 0 Å². The second-order valence-electron chi connectivity index (χ2n) is 8.37. The van der Waals surface area contributed by atoms with E-state index >= 15 is 0 Å². The molecule has 0 aliphatic heterocycles. The molecular weight excluding hydrogens is 308 g/mol. The van der Waals surface area contributed by atoms with E-state index in [0.29, 0.717) is 10.8 Å². The van der Waals surface area contributed by atoms with Crippen molar-refractivity contribution in [3.05, 3.63) is 38.9 Å². The van der Waals surface area contributed by atoms with Crippen LogP contribution in [-0.4, -0.2) is 0 Å². The van der Waals surface area contributed by atoms with E-state index in [-0.39, 0.29) is 5.41 Å². The van der Waals surface area contributed by atoms with E-state index in [2.05, 4.69) is 75.7 Å². The van der Waals surface area contributed by atoms with Crippen molar-refractivity contribution in [3.8, 4) is 0 Å². The number of allylic oxidation sites excluding steroid dienone is 1. The number of fused-ring (bicyclic) bond motifs is 2. The molecule has 0 saturated carbocycles. The Balaban J connectivity index is 2.29. The number of hydrogen-bond acceptors (Lipinski definition) is 0. The van der Waals surface area contributed by atoms with Crippen molar-refractivity contribution >= 4 is 22.0 Å². The van der Waals surface area contributed by atoms with Crippen LogP contribution in [0.1, 0.15) is 76.6 Å². The first-order chi connectivity index (χ1) is 9.06. The normalized spacial score (nSPS) is 24.9. The van der Waals surface area contributed by atoms with Crippen molar-refractivity contribution in [2.75, 3.05) is 0 Å². The molecule has 0 aromatic heterocycles. The fraction of sp³-hybridized carbons (Fsp3) is 0.579. The number of benzene rings is 1. The second-order valence-corrected chi connectivity index (χ2v) is 9.22. The Morgan fingerprint density at radius 2 is 1.30 bits per heavy atom. The zero-order valence-electron chi connectivity index (χ0n) is 13.5. The van der Waals surface area contributed by atoms with Gasteiger partial charge in [0, 0.05) is 9.90 Å². The van der Waals surface area contributed by atoms with Crippen molar-refractivity contribution < 1.29 is 0 Å². The maximum Gasteiger partial charge on any atom is 0.0218 e. The average Bonchev–Trinajstić information content (AvgIpc) is 2.55. The molecule has 2 aliphatic carbocycles. The van der Waals surface area contributed by atoms with Gasteiger partial charge in [0.25, 0.3) is 0 Å². The molecule has 0 heterocycles. The fourth-order valence-corrected chi connectivity index (χ4v) is 4.20. The molecule has 0 N–H and O–H groups in total. The minimum atomic E-state index is 0.113. The third-order valence-corrected chi connectivity index (χ3v) is 6.80. The molecule has 0 fully saturated rings. The van der Waals surface area contributed by atoms with Gasteiger partial charge in [0.2, 0.25) is 0 Å². The highest BCUT2D eigenvalue weighted by atomic mass is 79.9.